The minimum atomic E-state index is -0.323. The summed E-state index contributed by atoms with van der Waals surface area (Å²) in [6.45, 7) is 5.93. The topological polar surface area (TPSA) is 29.1 Å². The third-order valence-corrected chi connectivity index (χ3v) is 3.40. The number of fused-ring (bicyclic) bond motifs is 1. The molecule has 0 radical (unpaired) electrons. The molecular formula is C12H13BrFNO. The van der Waals surface area contributed by atoms with Gasteiger partial charge in [0.1, 0.15) is 5.82 Å². The molecule has 0 saturated carbocycles. The van der Waals surface area contributed by atoms with E-state index < -0.39 is 0 Å². The van der Waals surface area contributed by atoms with Crippen LogP contribution in [0, 0.1) is 11.2 Å². The second-order valence-corrected chi connectivity index (χ2v) is 5.99. The number of rotatable bonds is 0. The predicted octanol–water partition coefficient (Wildman–Crippen LogP) is 3.67. The first-order chi connectivity index (χ1) is 7.30. The molecule has 0 fully saturated rings. The number of hydrogen-bond acceptors (Lipinski definition) is 1. The summed E-state index contributed by atoms with van der Waals surface area (Å²) in [4.78, 5) is 11.9. The molecule has 2 nitrogen and oxygen atoms in total. The molecule has 1 N–H and O–H groups in total. The van der Waals surface area contributed by atoms with Gasteiger partial charge in [0, 0.05) is 4.47 Å². The molecule has 1 aromatic carbocycles. The molecule has 2 rings (SSSR count). The Morgan fingerprint density at radius 1 is 1.38 bits per heavy atom. The first-order valence-corrected chi connectivity index (χ1v) is 5.90. The Kier molecular flexibility index (Phi) is 2.57. The minimum absolute atomic E-state index is 0.0613. The Labute approximate surface area is 102 Å². The number of benzene rings is 1. The van der Waals surface area contributed by atoms with E-state index in [1.54, 1.807) is 0 Å². The van der Waals surface area contributed by atoms with Crippen molar-refractivity contribution in [2.45, 2.75) is 26.7 Å². The molecule has 1 unspecified atom stereocenters. The highest BCUT2D eigenvalue weighted by atomic mass is 79.9. The van der Waals surface area contributed by atoms with Gasteiger partial charge in [0.05, 0.1) is 11.6 Å². The van der Waals surface area contributed by atoms with Crippen LogP contribution in [0.15, 0.2) is 16.6 Å². The molecule has 0 spiro atoms. The first kappa shape index (κ1) is 11.6. The normalized spacial score (nSPS) is 19.6. The van der Waals surface area contributed by atoms with E-state index in [0.29, 0.717) is 10.2 Å². The lowest BCUT2D eigenvalue weighted by molar-refractivity contribution is -0.119. The number of carbonyl (C=O) groups is 1. The fourth-order valence-electron chi connectivity index (χ4n) is 2.15. The molecule has 0 saturated heterocycles. The minimum Gasteiger partial charge on any atom is -0.324 e. The molecule has 1 aliphatic heterocycles. The summed E-state index contributed by atoms with van der Waals surface area (Å²) in [6.07, 6.45) is 0. The Morgan fingerprint density at radius 3 is 2.56 bits per heavy atom. The van der Waals surface area contributed by atoms with Crippen LogP contribution >= 0.6 is 15.9 Å². The lowest BCUT2D eigenvalue weighted by Gasteiger charge is -2.25. The second kappa shape index (κ2) is 3.55. The van der Waals surface area contributed by atoms with Crippen molar-refractivity contribution in [3.63, 3.8) is 0 Å². The molecule has 0 aliphatic carbocycles. The summed E-state index contributed by atoms with van der Waals surface area (Å²) < 4.78 is 13.9. The zero-order valence-electron chi connectivity index (χ0n) is 9.40. The zero-order valence-corrected chi connectivity index (χ0v) is 11.0. The SMILES string of the molecule is CC(C)(C)C1C(=O)Nc2c(Br)cc(F)cc21. The van der Waals surface area contributed by atoms with Crippen LogP contribution in [-0.4, -0.2) is 5.91 Å². The van der Waals surface area contributed by atoms with E-state index in [1.165, 1.54) is 12.1 Å². The maximum Gasteiger partial charge on any atom is 0.232 e. The lowest BCUT2D eigenvalue weighted by Crippen LogP contribution is -2.25. The van der Waals surface area contributed by atoms with E-state index in [1.807, 2.05) is 20.8 Å². The van der Waals surface area contributed by atoms with Crippen LogP contribution in [0.1, 0.15) is 32.3 Å². The fraction of sp³-hybridized carbons (Fsp3) is 0.417. The number of amides is 1. The van der Waals surface area contributed by atoms with Crippen molar-refractivity contribution in [1.82, 2.24) is 0 Å². The van der Waals surface area contributed by atoms with Gasteiger partial charge in [-0.05, 0) is 39.0 Å². The molecule has 0 bridgehead atoms. The Balaban J connectivity index is 2.61. The molecule has 4 heteroatoms. The maximum atomic E-state index is 13.3. The highest BCUT2D eigenvalue weighted by Crippen LogP contribution is 2.46. The van der Waals surface area contributed by atoms with Gasteiger partial charge in [0.2, 0.25) is 5.91 Å². The van der Waals surface area contributed by atoms with Crippen LogP contribution in [0.25, 0.3) is 0 Å². The maximum absolute atomic E-state index is 13.3. The molecule has 1 amide bonds. The van der Waals surface area contributed by atoms with E-state index in [9.17, 15) is 9.18 Å². The molecular weight excluding hydrogens is 273 g/mol. The van der Waals surface area contributed by atoms with Crippen molar-refractivity contribution in [2.75, 3.05) is 5.32 Å². The monoisotopic (exact) mass is 285 g/mol. The lowest BCUT2D eigenvalue weighted by atomic mass is 9.77. The molecule has 1 aromatic rings. The van der Waals surface area contributed by atoms with Crippen molar-refractivity contribution < 1.29 is 9.18 Å². The van der Waals surface area contributed by atoms with Gasteiger partial charge < -0.3 is 5.32 Å². The van der Waals surface area contributed by atoms with Crippen molar-refractivity contribution in [3.8, 4) is 0 Å². The molecule has 1 heterocycles. The van der Waals surface area contributed by atoms with Crippen molar-refractivity contribution in [3.05, 3.63) is 28.0 Å². The number of halogens is 2. The van der Waals surface area contributed by atoms with Gasteiger partial charge >= 0.3 is 0 Å². The highest BCUT2D eigenvalue weighted by molar-refractivity contribution is 9.10. The summed E-state index contributed by atoms with van der Waals surface area (Å²) in [7, 11) is 0. The van der Waals surface area contributed by atoms with Gasteiger partial charge in [-0.25, -0.2) is 4.39 Å². The largest absolute Gasteiger partial charge is 0.324 e. The summed E-state index contributed by atoms with van der Waals surface area (Å²) in [5, 5.41) is 2.80. The van der Waals surface area contributed by atoms with Crippen molar-refractivity contribution >= 4 is 27.5 Å². The van der Waals surface area contributed by atoms with Crippen LogP contribution in [0.4, 0.5) is 10.1 Å². The van der Waals surface area contributed by atoms with Gasteiger partial charge in [0.15, 0.2) is 0 Å². The smallest absolute Gasteiger partial charge is 0.232 e. The third-order valence-electron chi connectivity index (χ3n) is 2.77. The average Bonchev–Trinajstić information content (AvgIpc) is 2.40. The van der Waals surface area contributed by atoms with Crippen molar-refractivity contribution in [1.29, 1.82) is 0 Å². The summed E-state index contributed by atoms with van der Waals surface area (Å²) >= 11 is 3.27. The van der Waals surface area contributed by atoms with Gasteiger partial charge in [0.25, 0.3) is 0 Å². The van der Waals surface area contributed by atoms with Gasteiger partial charge in [-0.1, -0.05) is 20.8 Å². The van der Waals surface area contributed by atoms with Gasteiger partial charge in [-0.15, -0.1) is 0 Å². The molecule has 1 aliphatic rings. The fourth-order valence-corrected chi connectivity index (χ4v) is 2.70. The first-order valence-electron chi connectivity index (χ1n) is 5.10. The van der Waals surface area contributed by atoms with E-state index >= 15 is 0 Å². The van der Waals surface area contributed by atoms with Crippen LogP contribution in [0.5, 0.6) is 0 Å². The van der Waals surface area contributed by atoms with Crippen LogP contribution in [0.2, 0.25) is 0 Å². The predicted molar refractivity (Wildman–Crippen MR) is 64.9 cm³/mol. The number of carbonyl (C=O) groups excluding carboxylic acids is 1. The second-order valence-electron chi connectivity index (χ2n) is 5.14. The van der Waals surface area contributed by atoms with Crippen LogP contribution in [-0.2, 0) is 4.79 Å². The van der Waals surface area contributed by atoms with Crippen molar-refractivity contribution in [2.24, 2.45) is 5.41 Å². The highest BCUT2D eigenvalue weighted by Gasteiger charge is 2.40. The van der Waals surface area contributed by atoms with E-state index in [0.717, 1.165) is 5.56 Å². The van der Waals surface area contributed by atoms with Crippen LogP contribution in [0.3, 0.4) is 0 Å². The number of nitrogens with one attached hydrogen (secondary N) is 1. The van der Waals surface area contributed by atoms with E-state index in [2.05, 4.69) is 21.2 Å². The summed E-state index contributed by atoms with van der Waals surface area (Å²) in [6, 6.07) is 2.80. The third kappa shape index (κ3) is 1.75. The standard InChI is InChI=1S/C12H13BrFNO/c1-12(2,3)9-7-4-6(14)5-8(13)10(7)15-11(9)16/h4-5,9H,1-3H3,(H,15,16). The zero-order chi connectivity index (χ0) is 12.1. The number of anilines is 1. The Bertz CT molecular complexity index is 465. The summed E-state index contributed by atoms with van der Waals surface area (Å²) in [5.74, 6) is -0.681. The van der Waals surface area contributed by atoms with Gasteiger partial charge in [-0.3, -0.25) is 4.79 Å². The Hall–Kier alpha value is -0.900. The van der Waals surface area contributed by atoms with Gasteiger partial charge in [-0.2, -0.15) is 0 Å². The quantitative estimate of drug-likeness (QED) is 0.774. The number of hydrogen-bond donors (Lipinski definition) is 1. The molecule has 0 aromatic heterocycles. The molecule has 16 heavy (non-hydrogen) atoms. The van der Waals surface area contributed by atoms with E-state index in [4.69, 9.17) is 0 Å². The Morgan fingerprint density at radius 2 is 2.00 bits per heavy atom. The molecule has 86 valence electrons. The van der Waals surface area contributed by atoms with E-state index in [-0.39, 0.29) is 23.1 Å². The van der Waals surface area contributed by atoms with Crippen LogP contribution < -0.4 is 5.32 Å². The summed E-state index contributed by atoms with van der Waals surface area (Å²) in [5.41, 5.74) is 1.22. The average molecular weight is 286 g/mol. The molecule has 1 atom stereocenters.